The molecule has 2 aromatic rings. The molecule has 0 aromatic heterocycles. The molecule has 0 fully saturated rings. The van der Waals surface area contributed by atoms with Crippen LogP contribution in [0.4, 0.5) is 0 Å². The summed E-state index contributed by atoms with van der Waals surface area (Å²) in [6.45, 7) is 5.00. The van der Waals surface area contributed by atoms with Crippen molar-refractivity contribution in [3.63, 3.8) is 0 Å². The van der Waals surface area contributed by atoms with E-state index < -0.39 is 0 Å². The lowest BCUT2D eigenvalue weighted by Gasteiger charge is -2.17. The summed E-state index contributed by atoms with van der Waals surface area (Å²) in [6, 6.07) is 16.0. The molecule has 0 saturated heterocycles. The highest BCUT2D eigenvalue weighted by atomic mass is 16.5. The van der Waals surface area contributed by atoms with Crippen LogP contribution in [0.2, 0.25) is 0 Å². The number of carbonyl (C=O) groups is 1. The Morgan fingerprint density at radius 2 is 1.65 bits per heavy atom. The van der Waals surface area contributed by atoms with Crippen molar-refractivity contribution in [1.29, 1.82) is 0 Å². The second-order valence-corrected chi connectivity index (χ2v) is 6.33. The van der Waals surface area contributed by atoms with Crippen LogP contribution in [0.3, 0.4) is 0 Å². The highest BCUT2D eigenvalue weighted by Gasteiger charge is 2.12. The average molecular weight is 356 g/mol. The van der Waals surface area contributed by atoms with Crippen LogP contribution in [0.1, 0.15) is 36.9 Å². The molecule has 0 saturated carbocycles. The molecule has 0 bridgehead atoms. The second kappa shape index (κ2) is 9.82. The Morgan fingerprint density at radius 1 is 0.962 bits per heavy atom. The van der Waals surface area contributed by atoms with E-state index in [9.17, 15) is 4.79 Å². The van der Waals surface area contributed by atoms with Crippen molar-refractivity contribution in [2.45, 2.75) is 25.8 Å². The van der Waals surface area contributed by atoms with Gasteiger partial charge in [0.05, 0.1) is 20.8 Å². The van der Waals surface area contributed by atoms with Crippen LogP contribution in [0.25, 0.3) is 0 Å². The molecule has 26 heavy (non-hydrogen) atoms. The Morgan fingerprint density at radius 3 is 2.31 bits per heavy atom. The number of carbonyl (C=O) groups excluding carboxylic acids is 1. The Kier molecular flexibility index (Phi) is 7.48. The molecule has 0 unspecified atom stereocenters. The quantitative estimate of drug-likeness (QED) is 0.724. The van der Waals surface area contributed by atoms with E-state index in [0.29, 0.717) is 18.0 Å². The molecular weight excluding hydrogens is 328 g/mol. The molecule has 0 aliphatic rings. The molecule has 0 radical (unpaired) electrons. The van der Waals surface area contributed by atoms with Crippen molar-refractivity contribution in [2.75, 3.05) is 27.3 Å². The van der Waals surface area contributed by atoms with E-state index in [1.165, 1.54) is 5.56 Å². The van der Waals surface area contributed by atoms with Crippen LogP contribution in [-0.4, -0.2) is 33.2 Å². The van der Waals surface area contributed by atoms with Gasteiger partial charge in [0, 0.05) is 12.6 Å². The highest BCUT2D eigenvalue weighted by molar-refractivity contribution is 5.78. The van der Waals surface area contributed by atoms with E-state index >= 15 is 0 Å². The third-order valence-electron chi connectivity index (χ3n) is 4.45. The van der Waals surface area contributed by atoms with Crippen molar-refractivity contribution in [3.8, 4) is 11.5 Å². The number of methoxy groups -OCH3 is 2. The van der Waals surface area contributed by atoms with Crippen molar-refractivity contribution >= 4 is 5.91 Å². The predicted molar refractivity (Wildman–Crippen MR) is 104 cm³/mol. The Hall–Kier alpha value is -2.53. The van der Waals surface area contributed by atoms with Gasteiger partial charge in [-0.25, -0.2) is 0 Å². The van der Waals surface area contributed by atoms with Crippen LogP contribution in [0.5, 0.6) is 11.5 Å². The monoisotopic (exact) mass is 356 g/mol. The third-order valence-corrected chi connectivity index (χ3v) is 4.45. The topological polar surface area (TPSA) is 59.6 Å². The number of hydrogen-bond acceptors (Lipinski definition) is 4. The van der Waals surface area contributed by atoms with Crippen LogP contribution in [-0.2, 0) is 4.79 Å². The second-order valence-electron chi connectivity index (χ2n) is 6.33. The summed E-state index contributed by atoms with van der Waals surface area (Å²) >= 11 is 0. The molecular formula is C21H28N2O3. The highest BCUT2D eigenvalue weighted by Crippen LogP contribution is 2.29. The van der Waals surface area contributed by atoms with E-state index in [1.54, 1.807) is 14.2 Å². The summed E-state index contributed by atoms with van der Waals surface area (Å²) in [5.41, 5.74) is 2.26. The lowest BCUT2D eigenvalue weighted by atomic mass is 10.0. The number of amides is 1. The molecule has 2 rings (SSSR count). The van der Waals surface area contributed by atoms with Gasteiger partial charge in [-0.15, -0.1) is 0 Å². The first-order valence-electron chi connectivity index (χ1n) is 8.82. The summed E-state index contributed by atoms with van der Waals surface area (Å²) in [5, 5.41) is 6.22. The van der Waals surface area contributed by atoms with Gasteiger partial charge in [-0.3, -0.25) is 4.79 Å². The molecule has 5 heteroatoms. The Balaban J connectivity index is 1.81. The van der Waals surface area contributed by atoms with Crippen LogP contribution < -0.4 is 20.1 Å². The fourth-order valence-corrected chi connectivity index (χ4v) is 2.71. The number of benzene rings is 2. The molecule has 5 nitrogen and oxygen atoms in total. The van der Waals surface area contributed by atoms with Gasteiger partial charge in [0.1, 0.15) is 0 Å². The predicted octanol–water partition coefficient (Wildman–Crippen LogP) is 3.27. The minimum Gasteiger partial charge on any atom is -0.493 e. The molecule has 140 valence electrons. The van der Waals surface area contributed by atoms with Gasteiger partial charge in [0.25, 0.3) is 0 Å². The molecule has 0 heterocycles. The van der Waals surface area contributed by atoms with E-state index in [0.717, 1.165) is 5.56 Å². The van der Waals surface area contributed by atoms with Gasteiger partial charge >= 0.3 is 0 Å². The average Bonchev–Trinajstić information content (AvgIpc) is 2.70. The fraction of sp³-hybridized carbons (Fsp3) is 0.381. The zero-order valence-corrected chi connectivity index (χ0v) is 15.9. The smallest absolute Gasteiger partial charge is 0.233 e. The van der Waals surface area contributed by atoms with Crippen molar-refractivity contribution in [2.24, 2.45) is 0 Å². The summed E-state index contributed by atoms with van der Waals surface area (Å²) in [7, 11) is 3.22. The fourth-order valence-electron chi connectivity index (χ4n) is 2.71. The Labute approximate surface area is 155 Å². The lowest BCUT2D eigenvalue weighted by molar-refractivity contribution is -0.120. The Bertz CT molecular complexity index is 704. The van der Waals surface area contributed by atoms with Crippen LogP contribution in [0, 0.1) is 0 Å². The summed E-state index contributed by atoms with van der Waals surface area (Å²) in [4.78, 5) is 12.1. The minimum absolute atomic E-state index is 0.0138. The number of nitrogens with one attached hydrogen (secondary N) is 2. The SMILES string of the molecule is COc1ccc([C@@H](C)NCC(=O)NC[C@H](C)c2ccccc2)cc1OC. The van der Waals surface area contributed by atoms with Gasteiger partial charge < -0.3 is 20.1 Å². The van der Waals surface area contributed by atoms with Crippen molar-refractivity contribution in [1.82, 2.24) is 10.6 Å². The first-order valence-corrected chi connectivity index (χ1v) is 8.82. The maximum atomic E-state index is 12.1. The third kappa shape index (κ3) is 5.49. The molecule has 1 amide bonds. The van der Waals surface area contributed by atoms with Crippen molar-refractivity contribution in [3.05, 3.63) is 59.7 Å². The largest absolute Gasteiger partial charge is 0.493 e. The van der Waals surface area contributed by atoms with Crippen LogP contribution in [0.15, 0.2) is 48.5 Å². The summed E-state index contributed by atoms with van der Waals surface area (Å²) in [6.07, 6.45) is 0. The number of hydrogen-bond donors (Lipinski definition) is 2. The zero-order valence-electron chi connectivity index (χ0n) is 15.9. The molecule has 0 aliphatic heterocycles. The minimum atomic E-state index is -0.0138. The van der Waals surface area contributed by atoms with E-state index in [-0.39, 0.29) is 24.4 Å². The van der Waals surface area contributed by atoms with Gasteiger partial charge in [-0.2, -0.15) is 0 Å². The van der Waals surface area contributed by atoms with E-state index in [2.05, 4.69) is 29.7 Å². The zero-order chi connectivity index (χ0) is 18.9. The number of ether oxygens (including phenoxy) is 2. The van der Waals surface area contributed by atoms with Gasteiger partial charge in [-0.1, -0.05) is 43.3 Å². The molecule has 2 atom stereocenters. The molecule has 2 aromatic carbocycles. The summed E-state index contributed by atoms with van der Waals surface area (Å²) < 4.78 is 10.6. The van der Waals surface area contributed by atoms with Gasteiger partial charge in [0.2, 0.25) is 5.91 Å². The maximum Gasteiger partial charge on any atom is 0.233 e. The lowest BCUT2D eigenvalue weighted by Crippen LogP contribution is -2.36. The first kappa shape index (κ1) is 19.8. The molecule has 0 spiro atoms. The molecule has 0 aliphatic carbocycles. The molecule has 2 N–H and O–H groups in total. The maximum absolute atomic E-state index is 12.1. The van der Waals surface area contributed by atoms with Crippen molar-refractivity contribution < 1.29 is 14.3 Å². The van der Waals surface area contributed by atoms with E-state index in [4.69, 9.17) is 9.47 Å². The summed E-state index contributed by atoms with van der Waals surface area (Å²) in [5.74, 6) is 1.64. The standard InChI is InChI=1S/C21H28N2O3/c1-15(17-8-6-5-7-9-17)13-23-21(24)14-22-16(2)18-10-11-19(25-3)20(12-18)26-4/h5-12,15-16,22H,13-14H2,1-4H3,(H,23,24)/t15-,16+/m0/s1. The van der Waals surface area contributed by atoms with E-state index in [1.807, 2.05) is 43.3 Å². The normalized spacial score (nSPS) is 12.9. The van der Waals surface area contributed by atoms with Gasteiger partial charge in [0.15, 0.2) is 11.5 Å². The number of rotatable bonds is 9. The van der Waals surface area contributed by atoms with Crippen LogP contribution >= 0.6 is 0 Å². The van der Waals surface area contributed by atoms with Gasteiger partial charge in [-0.05, 0) is 36.1 Å². The first-order chi connectivity index (χ1) is 12.5.